The molecule has 0 atom stereocenters. The molecular formula is C15H16N2O4. The number of nitrogens with zero attached hydrogens (tertiary/aromatic N) is 2. The van der Waals surface area contributed by atoms with Crippen LogP contribution in [0.15, 0.2) is 30.5 Å². The number of carbonyl (C=O) groups is 2. The van der Waals surface area contributed by atoms with Gasteiger partial charge in [0.25, 0.3) is 0 Å². The lowest BCUT2D eigenvalue weighted by Gasteiger charge is -2.08. The van der Waals surface area contributed by atoms with Gasteiger partial charge in [-0.15, -0.1) is 0 Å². The largest absolute Gasteiger partial charge is 0.487 e. The Morgan fingerprint density at radius 3 is 2.52 bits per heavy atom. The Balaban J connectivity index is 2.08. The Labute approximate surface area is 122 Å². The third-order valence-electron chi connectivity index (χ3n) is 3.16. The van der Waals surface area contributed by atoms with Crippen molar-refractivity contribution < 1.29 is 19.4 Å². The molecule has 0 unspecified atom stereocenters. The van der Waals surface area contributed by atoms with Crippen LogP contribution < -0.4 is 4.74 Å². The lowest BCUT2D eigenvalue weighted by molar-refractivity contribution is 0.0693. The first-order valence-corrected chi connectivity index (χ1v) is 6.53. The van der Waals surface area contributed by atoms with Crippen LogP contribution in [-0.2, 0) is 13.7 Å². The number of ketones is 1. The van der Waals surface area contributed by atoms with Gasteiger partial charge < -0.3 is 9.84 Å². The number of carbonyl (C=O) groups excluding carboxylic acids is 1. The molecule has 0 fully saturated rings. The van der Waals surface area contributed by atoms with Gasteiger partial charge >= 0.3 is 5.97 Å². The van der Waals surface area contributed by atoms with Crippen molar-refractivity contribution in [1.82, 2.24) is 9.78 Å². The quantitative estimate of drug-likeness (QED) is 0.825. The molecule has 0 aliphatic rings. The molecule has 0 amide bonds. The summed E-state index contributed by atoms with van der Waals surface area (Å²) in [6, 6.07) is 6.78. The van der Waals surface area contributed by atoms with E-state index in [9.17, 15) is 9.59 Å². The first-order valence-electron chi connectivity index (χ1n) is 6.53. The number of aryl methyl sites for hydroxylation is 1. The van der Waals surface area contributed by atoms with Crippen molar-refractivity contribution in [3.8, 4) is 5.75 Å². The van der Waals surface area contributed by atoms with E-state index in [1.54, 1.807) is 31.3 Å². The van der Waals surface area contributed by atoms with Gasteiger partial charge in [0, 0.05) is 19.0 Å². The summed E-state index contributed by atoms with van der Waals surface area (Å²) >= 11 is 0. The molecule has 2 rings (SSSR count). The van der Waals surface area contributed by atoms with Crippen molar-refractivity contribution in [2.24, 2.45) is 7.05 Å². The van der Waals surface area contributed by atoms with Gasteiger partial charge in [-0.1, -0.05) is 6.92 Å². The zero-order valence-electron chi connectivity index (χ0n) is 11.9. The van der Waals surface area contributed by atoms with Gasteiger partial charge in [-0.05, 0) is 24.3 Å². The average Bonchev–Trinajstić information content (AvgIpc) is 2.86. The number of carboxylic acid groups (broad SMARTS) is 1. The van der Waals surface area contributed by atoms with Crippen molar-refractivity contribution in [3.05, 3.63) is 47.3 Å². The van der Waals surface area contributed by atoms with Gasteiger partial charge in [-0.25, -0.2) is 4.79 Å². The van der Waals surface area contributed by atoms with Crippen LogP contribution in [0, 0.1) is 0 Å². The van der Waals surface area contributed by atoms with E-state index in [0.29, 0.717) is 23.4 Å². The number of aromatic carboxylic acids is 1. The smallest absolute Gasteiger partial charge is 0.339 e. The first-order chi connectivity index (χ1) is 10.0. The minimum absolute atomic E-state index is 0.0707. The fraction of sp³-hybridized carbons (Fsp3) is 0.267. The Kier molecular flexibility index (Phi) is 4.37. The van der Waals surface area contributed by atoms with E-state index in [1.165, 1.54) is 10.9 Å². The highest BCUT2D eigenvalue weighted by Gasteiger charge is 2.15. The summed E-state index contributed by atoms with van der Waals surface area (Å²) < 4.78 is 7.03. The number of aromatic nitrogens is 2. The van der Waals surface area contributed by atoms with Crippen LogP contribution in [0.5, 0.6) is 5.75 Å². The number of ether oxygens (including phenoxy) is 1. The fourth-order valence-electron chi connectivity index (χ4n) is 1.91. The van der Waals surface area contributed by atoms with Crippen molar-refractivity contribution >= 4 is 11.8 Å². The van der Waals surface area contributed by atoms with Crippen molar-refractivity contribution in [2.75, 3.05) is 0 Å². The normalized spacial score (nSPS) is 10.4. The van der Waals surface area contributed by atoms with E-state index in [-0.39, 0.29) is 18.0 Å². The fourth-order valence-corrected chi connectivity index (χ4v) is 1.91. The highest BCUT2D eigenvalue weighted by atomic mass is 16.5. The van der Waals surface area contributed by atoms with E-state index in [1.807, 2.05) is 6.92 Å². The van der Waals surface area contributed by atoms with Crippen LogP contribution in [0.2, 0.25) is 0 Å². The predicted octanol–water partition coefficient (Wildman–Crippen LogP) is 2.29. The van der Waals surface area contributed by atoms with Crippen LogP contribution in [0.4, 0.5) is 0 Å². The molecule has 2 aromatic rings. The molecule has 0 bridgehead atoms. The minimum atomic E-state index is -1.04. The summed E-state index contributed by atoms with van der Waals surface area (Å²) in [4.78, 5) is 22.6. The molecule has 21 heavy (non-hydrogen) atoms. The van der Waals surface area contributed by atoms with Gasteiger partial charge in [-0.2, -0.15) is 5.10 Å². The molecule has 0 saturated carbocycles. The molecule has 0 aliphatic carbocycles. The molecule has 1 N–H and O–H groups in total. The summed E-state index contributed by atoms with van der Waals surface area (Å²) in [6.45, 7) is 1.90. The zero-order valence-corrected chi connectivity index (χ0v) is 11.9. The standard InChI is InChI=1S/C15H16N2O4/c1-3-14(18)10-4-6-11(7-5-10)21-9-13-12(15(19)20)8-16-17(13)2/h4-8H,3,9H2,1-2H3,(H,19,20). The third kappa shape index (κ3) is 3.28. The minimum Gasteiger partial charge on any atom is -0.487 e. The zero-order chi connectivity index (χ0) is 15.4. The number of hydrogen-bond donors (Lipinski definition) is 1. The van der Waals surface area contributed by atoms with Crippen LogP contribution in [-0.4, -0.2) is 26.6 Å². The number of Topliss-reactive ketones (excluding diaryl/α,β-unsaturated/α-hetero) is 1. The van der Waals surface area contributed by atoms with Crippen LogP contribution in [0.1, 0.15) is 39.8 Å². The molecule has 0 radical (unpaired) electrons. The lowest BCUT2D eigenvalue weighted by atomic mass is 10.1. The van der Waals surface area contributed by atoms with Crippen LogP contribution in [0.3, 0.4) is 0 Å². The van der Waals surface area contributed by atoms with E-state index in [0.717, 1.165) is 0 Å². The van der Waals surface area contributed by atoms with Crippen LogP contribution in [0.25, 0.3) is 0 Å². The molecule has 0 spiro atoms. The van der Waals surface area contributed by atoms with E-state index in [2.05, 4.69) is 5.10 Å². The van der Waals surface area contributed by atoms with Gasteiger partial charge in [0.2, 0.25) is 0 Å². The average molecular weight is 288 g/mol. The Morgan fingerprint density at radius 1 is 1.29 bits per heavy atom. The van der Waals surface area contributed by atoms with Crippen LogP contribution >= 0.6 is 0 Å². The Morgan fingerprint density at radius 2 is 1.95 bits per heavy atom. The van der Waals surface area contributed by atoms with Crippen molar-refractivity contribution in [3.63, 3.8) is 0 Å². The molecule has 1 aromatic carbocycles. The number of rotatable bonds is 6. The molecule has 1 aromatic heterocycles. The second kappa shape index (κ2) is 6.21. The van der Waals surface area contributed by atoms with Gasteiger partial charge in [-0.3, -0.25) is 9.48 Å². The van der Waals surface area contributed by atoms with E-state index < -0.39 is 5.97 Å². The maximum absolute atomic E-state index is 11.5. The predicted molar refractivity (Wildman–Crippen MR) is 75.6 cm³/mol. The molecule has 0 aliphatic heterocycles. The summed E-state index contributed by atoms with van der Waals surface area (Å²) in [5, 5.41) is 13.0. The van der Waals surface area contributed by atoms with Crippen molar-refractivity contribution in [2.45, 2.75) is 20.0 Å². The van der Waals surface area contributed by atoms with Gasteiger partial charge in [0.05, 0.1) is 11.9 Å². The van der Waals surface area contributed by atoms with E-state index in [4.69, 9.17) is 9.84 Å². The maximum atomic E-state index is 11.5. The maximum Gasteiger partial charge on any atom is 0.339 e. The third-order valence-corrected chi connectivity index (χ3v) is 3.16. The number of benzene rings is 1. The molecule has 1 heterocycles. The highest BCUT2D eigenvalue weighted by Crippen LogP contribution is 2.16. The molecule has 6 nitrogen and oxygen atoms in total. The second-order valence-corrected chi connectivity index (χ2v) is 4.52. The topological polar surface area (TPSA) is 81.4 Å². The lowest BCUT2D eigenvalue weighted by Crippen LogP contribution is -2.08. The second-order valence-electron chi connectivity index (χ2n) is 4.52. The Hall–Kier alpha value is -2.63. The Bertz CT molecular complexity index is 659. The van der Waals surface area contributed by atoms with Gasteiger partial charge in [0.1, 0.15) is 17.9 Å². The summed E-state index contributed by atoms with van der Waals surface area (Å²) in [5.41, 5.74) is 1.24. The number of carboxylic acids is 1. The molecule has 6 heteroatoms. The molecule has 0 saturated heterocycles. The molecule has 110 valence electrons. The SMILES string of the molecule is CCC(=O)c1ccc(OCc2c(C(=O)O)cnn2C)cc1. The highest BCUT2D eigenvalue weighted by molar-refractivity contribution is 5.95. The summed E-state index contributed by atoms with van der Waals surface area (Å²) in [7, 11) is 1.66. The summed E-state index contributed by atoms with van der Waals surface area (Å²) in [5.74, 6) is -0.396. The first kappa shape index (κ1) is 14.8. The van der Waals surface area contributed by atoms with E-state index >= 15 is 0 Å². The summed E-state index contributed by atoms with van der Waals surface area (Å²) in [6.07, 6.45) is 1.75. The molecular weight excluding hydrogens is 272 g/mol. The number of hydrogen-bond acceptors (Lipinski definition) is 4. The van der Waals surface area contributed by atoms with Crippen molar-refractivity contribution in [1.29, 1.82) is 0 Å². The van der Waals surface area contributed by atoms with Gasteiger partial charge in [0.15, 0.2) is 5.78 Å². The monoisotopic (exact) mass is 288 g/mol.